The van der Waals surface area contributed by atoms with E-state index in [-0.39, 0.29) is 11.8 Å². The number of nitrogens with zero attached hydrogens (tertiary/aromatic N) is 2. The van der Waals surface area contributed by atoms with Crippen LogP contribution in [0, 0.1) is 0 Å². The number of hydrogen-bond acceptors (Lipinski definition) is 4. The van der Waals surface area contributed by atoms with Crippen LogP contribution in [0.1, 0.15) is 81.5 Å². The monoisotopic (exact) mass is 430 g/mol. The second-order valence-corrected chi connectivity index (χ2v) is 8.90. The number of hydrogen-bond donors (Lipinski definition) is 2. The van der Waals surface area contributed by atoms with Crippen molar-refractivity contribution in [2.75, 3.05) is 50.5 Å². The molecule has 1 aromatic carbocycles. The molecule has 0 bridgehead atoms. The first-order chi connectivity index (χ1) is 15.0. The van der Waals surface area contributed by atoms with Gasteiger partial charge in [0.25, 0.3) is 5.91 Å². The van der Waals surface area contributed by atoms with E-state index < -0.39 is 0 Å². The van der Waals surface area contributed by atoms with Gasteiger partial charge in [-0.3, -0.25) is 9.59 Å². The summed E-state index contributed by atoms with van der Waals surface area (Å²) in [4.78, 5) is 29.8. The lowest BCUT2D eigenvalue weighted by Gasteiger charge is -2.30. The van der Waals surface area contributed by atoms with Gasteiger partial charge < -0.3 is 20.4 Å². The zero-order chi connectivity index (χ0) is 22.5. The first-order valence-electron chi connectivity index (χ1n) is 12.1. The topological polar surface area (TPSA) is 64.7 Å². The molecule has 0 unspecified atom stereocenters. The number of nitrogens with one attached hydrogen (secondary N) is 2. The fraction of sp³-hybridized carbons (Fsp3) is 0.680. The second kappa shape index (κ2) is 14.1. The van der Waals surface area contributed by atoms with E-state index >= 15 is 0 Å². The summed E-state index contributed by atoms with van der Waals surface area (Å²) >= 11 is 0. The first kappa shape index (κ1) is 25.2. The van der Waals surface area contributed by atoms with Crippen molar-refractivity contribution in [2.24, 2.45) is 0 Å². The molecule has 1 heterocycles. The molecule has 0 atom stereocenters. The molecule has 2 amide bonds. The van der Waals surface area contributed by atoms with Crippen LogP contribution < -0.4 is 15.5 Å². The van der Waals surface area contributed by atoms with Gasteiger partial charge in [0.1, 0.15) is 0 Å². The Balaban J connectivity index is 2.02. The van der Waals surface area contributed by atoms with Crippen molar-refractivity contribution >= 4 is 23.2 Å². The van der Waals surface area contributed by atoms with Gasteiger partial charge in [0, 0.05) is 37.4 Å². The maximum absolute atomic E-state index is 13.0. The molecule has 1 aliphatic heterocycles. The highest BCUT2D eigenvalue weighted by molar-refractivity contribution is 6.02. The molecule has 174 valence electrons. The number of amides is 2. The maximum Gasteiger partial charge on any atom is 0.253 e. The Kier molecular flexibility index (Phi) is 11.4. The lowest BCUT2D eigenvalue weighted by Crippen LogP contribution is -2.33. The molecule has 0 saturated carbocycles. The summed E-state index contributed by atoms with van der Waals surface area (Å²) in [5.74, 6) is -0.0328. The van der Waals surface area contributed by atoms with E-state index in [0.29, 0.717) is 24.2 Å². The first-order valence-corrected chi connectivity index (χ1v) is 12.1. The highest BCUT2D eigenvalue weighted by Gasteiger charge is 2.19. The summed E-state index contributed by atoms with van der Waals surface area (Å²) in [7, 11) is 4.07. The Bertz CT molecular complexity index is 684. The Hall–Kier alpha value is -2.08. The van der Waals surface area contributed by atoms with E-state index in [0.717, 1.165) is 57.4 Å². The van der Waals surface area contributed by atoms with Crippen molar-refractivity contribution in [3.8, 4) is 0 Å². The molecule has 0 spiro atoms. The summed E-state index contributed by atoms with van der Waals surface area (Å²) < 4.78 is 0. The Morgan fingerprint density at radius 3 is 2.45 bits per heavy atom. The molecule has 6 heteroatoms. The third kappa shape index (κ3) is 9.30. The van der Waals surface area contributed by atoms with Gasteiger partial charge in [0.05, 0.1) is 5.56 Å². The number of benzene rings is 1. The molecule has 1 fully saturated rings. The van der Waals surface area contributed by atoms with Gasteiger partial charge in [-0.05, 0) is 70.9 Å². The molecule has 31 heavy (non-hydrogen) atoms. The summed E-state index contributed by atoms with van der Waals surface area (Å²) in [5.41, 5.74) is 2.34. The molecular weight excluding hydrogens is 388 g/mol. The Morgan fingerprint density at radius 2 is 1.74 bits per heavy atom. The van der Waals surface area contributed by atoms with Crippen LogP contribution in [0.25, 0.3) is 0 Å². The molecule has 1 saturated heterocycles. The fourth-order valence-electron chi connectivity index (χ4n) is 4.01. The van der Waals surface area contributed by atoms with Gasteiger partial charge in [0.15, 0.2) is 0 Å². The maximum atomic E-state index is 13.0. The van der Waals surface area contributed by atoms with Gasteiger partial charge in [-0.1, -0.05) is 32.6 Å². The van der Waals surface area contributed by atoms with E-state index in [1.54, 1.807) is 0 Å². The van der Waals surface area contributed by atoms with Crippen molar-refractivity contribution in [3.63, 3.8) is 0 Å². The van der Waals surface area contributed by atoms with Crippen LogP contribution in [0.2, 0.25) is 0 Å². The van der Waals surface area contributed by atoms with Crippen molar-refractivity contribution in [1.29, 1.82) is 0 Å². The quantitative estimate of drug-likeness (QED) is 0.447. The van der Waals surface area contributed by atoms with Gasteiger partial charge in [0.2, 0.25) is 5.91 Å². The zero-order valence-corrected chi connectivity index (χ0v) is 19.8. The Labute approximate surface area is 188 Å². The molecule has 0 radical (unpaired) electrons. The van der Waals surface area contributed by atoms with E-state index in [1.807, 2.05) is 32.3 Å². The van der Waals surface area contributed by atoms with Crippen molar-refractivity contribution in [2.45, 2.75) is 71.1 Å². The zero-order valence-electron chi connectivity index (χ0n) is 19.8. The van der Waals surface area contributed by atoms with Crippen molar-refractivity contribution < 1.29 is 9.59 Å². The van der Waals surface area contributed by atoms with E-state index in [9.17, 15) is 9.59 Å². The van der Waals surface area contributed by atoms with Gasteiger partial charge in [-0.2, -0.15) is 0 Å². The Morgan fingerprint density at radius 1 is 1.00 bits per heavy atom. The van der Waals surface area contributed by atoms with Crippen LogP contribution in [-0.4, -0.2) is 57.0 Å². The normalized spacial score (nSPS) is 14.0. The van der Waals surface area contributed by atoms with Crippen LogP contribution in [0.4, 0.5) is 11.4 Å². The molecule has 2 N–H and O–H groups in total. The lowest BCUT2D eigenvalue weighted by atomic mass is 10.1. The third-order valence-corrected chi connectivity index (χ3v) is 5.80. The number of rotatable bonds is 13. The average molecular weight is 431 g/mol. The van der Waals surface area contributed by atoms with Crippen LogP contribution in [0.15, 0.2) is 18.2 Å². The minimum absolute atomic E-state index is 0.0274. The van der Waals surface area contributed by atoms with E-state index in [1.165, 1.54) is 25.7 Å². The van der Waals surface area contributed by atoms with E-state index in [4.69, 9.17) is 0 Å². The molecule has 2 rings (SSSR count). The van der Waals surface area contributed by atoms with Crippen LogP contribution >= 0.6 is 0 Å². The molecule has 6 nitrogen and oxygen atoms in total. The average Bonchev–Trinajstić information content (AvgIpc) is 2.77. The number of unbranched alkanes of at least 4 members (excludes halogenated alkanes) is 4. The largest absolute Gasteiger partial charge is 0.371 e. The summed E-state index contributed by atoms with van der Waals surface area (Å²) in [6, 6.07) is 5.78. The number of piperidine rings is 1. The van der Waals surface area contributed by atoms with Gasteiger partial charge in [-0.15, -0.1) is 0 Å². The van der Waals surface area contributed by atoms with Crippen LogP contribution in [0.5, 0.6) is 0 Å². The third-order valence-electron chi connectivity index (χ3n) is 5.80. The smallest absolute Gasteiger partial charge is 0.253 e. The minimum atomic E-state index is -0.0602. The molecule has 1 aliphatic rings. The molecule has 0 aliphatic carbocycles. The number of anilines is 2. The molecular formula is C25H42N4O2. The predicted octanol–water partition coefficient (Wildman–Crippen LogP) is 4.66. The molecule has 0 aromatic heterocycles. The van der Waals surface area contributed by atoms with Crippen LogP contribution in [-0.2, 0) is 4.79 Å². The van der Waals surface area contributed by atoms with Gasteiger partial charge >= 0.3 is 0 Å². The standard InChI is InChI=1S/C25H42N4O2/c1-4-5-6-7-9-13-24(30)27-21-14-15-23(29-18-10-8-11-19-29)22(20-21)25(31)26-16-12-17-28(2)3/h14-15,20H,4-13,16-19H2,1-3H3,(H,26,31)(H,27,30). The predicted molar refractivity (Wildman–Crippen MR) is 130 cm³/mol. The van der Waals surface area contributed by atoms with Crippen molar-refractivity contribution in [1.82, 2.24) is 10.2 Å². The van der Waals surface area contributed by atoms with E-state index in [2.05, 4.69) is 27.4 Å². The fourth-order valence-corrected chi connectivity index (χ4v) is 4.01. The lowest BCUT2D eigenvalue weighted by molar-refractivity contribution is -0.116. The van der Waals surface area contributed by atoms with Crippen LogP contribution in [0.3, 0.4) is 0 Å². The summed E-state index contributed by atoms with van der Waals surface area (Å²) in [6.45, 7) is 5.73. The highest BCUT2D eigenvalue weighted by atomic mass is 16.2. The second-order valence-electron chi connectivity index (χ2n) is 8.90. The van der Waals surface area contributed by atoms with Crippen molar-refractivity contribution in [3.05, 3.63) is 23.8 Å². The highest BCUT2D eigenvalue weighted by Crippen LogP contribution is 2.27. The SMILES string of the molecule is CCCCCCCC(=O)Nc1ccc(N2CCCCC2)c(C(=O)NCCCN(C)C)c1. The summed E-state index contributed by atoms with van der Waals surface area (Å²) in [6.07, 6.45) is 10.6. The van der Waals surface area contributed by atoms with Gasteiger partial charge in [-0.25, -0.2) is 0 Å². The molecule has 1 aromatic rings. The number of carbonyl (C=O) groups excluding carboxylic acids is 2. The summed E-state index contributed by atoms with van der Waals surface area (Å²) in [5, 5.41) is 6.06. The minimum Gasteiger partial charge on any atom is -0.371 e. The number of carbonyl (C=O) groups is 2.